The maximum absolute atomic E-state index is 9.84. The molecule has 1 fully saturated rings. The van der Waals surface area contributed by atoms with Crippen molar-refractivity contribution < 1.29 is 5.11 Å². The third-order valence-electron chi connectivity index (χ3n) is 2.64. The number of unbranched alkanes of at least 4 members (excludes halogenated alkanes) is 1. The van der Waals surface area contributed by atoms with Crippen LogP contribution in [0.1, 0.15) is 32.6 Å². The zero-order valence-corrected chi connectivity index (χ0v) is 9.39. The molecule has 2 nitrogen and oxygen atoms in total. The van der Waals surface area contributed by atoms with E-state index in [0.29, 0.717) is 0 Å². The number of hydrogen-bond acceptors (Lipinski definition) is 3. The van der Waals surface area contributed by atoms with Crippen molar-refractivity contribution in [1.82, 2.24) is 4.90 Å². The van der Waals surface area contributed by atoms with Crippen molar-refractivity contribution in [2.75, 3.05) is 25.4 Å². The highest BCUT2D eigenvalue weighted by molar-refractivity contribution is 7.80. The van der Waals surface area contributed by atoms with Gasteiger partial charge in [0, 0.05) is 6.54 Å². The molecule has 0 aliphatic carbocycles. The molecule has 0 radical (unpaired) electrons. The Balaban J connectivity index is 2.19. The Kier molecular flexibility index (Phi) is 4.56. The van der Waals surface area contributed by atoms with Gasteiger partial charge in [-0.3, -0.25) is 0 Å². The minimum Gasteiger partial charge on any atom is -0.389 e. The van der Waals surface area contributed by atoms with Crippen molar-refractivity contribution in [3.63, 3.8) is 0 Å². The lowest BCUT2D eigenvalue weighted by atomic mass is 9.95. The van der Waals surface area contributed by atoms with Crippen LogP contribution >= 0.6 is 12.6 Å². The molecule has 1 aliphatic rings. The molecule has 1 N–H and O–H groups in total. The van der Waals surface area contributed by atoms with E-state index in [9.17, 15) is 5.11 Å². The lowest BCUT2D eigenvalue weighted by molar-refractivity contribution is -0.0156. The van der Waals surface area contributed by atoms with E-state index in [-0.39, 0.29) is 0 Å². The molecule has 3 heteroatoms. The van der Waals surface area contributed by atoms with E-state index in [1.54, 1.807) is 0 Å². The Labute approximate surface area is 86.7 Å². The van der Waals surface area contributed by atoms with Crippen molar-refractivity contribution >= 4 is 12.6 Å². The van der Waals surface area contributed by atoms with E-state index < -0.39 is 5.60 Å². The second kappa shape index (κ2) is 5.23. The number of rotatable bonds is 4. The van der Waals surface area contributed by atoms with Crippen LogP contribution in [0, 0.1) is 0 Å². The van der Waals surface area contributed by atoms with E-state index in [1.165, 1.54) is 12.8 Å². The maximum atomic E-state index is 9.84. The summed E-state index contributed by atoms with van der Waals surface area (Å²) in [6, 6.07) is 0. The first kappa shape index (κ1) is 11.3. The minimum atomic E-state index is -0.445. The quantitative estimate of drug-likeness (QED) is 0.535. The summed E-state index contributed by atoms with van der Waals surface area (Å²) >= 11 is 4.18. The summed E-state index contributed by atoms with van der Waals surface area (Å²) in [7, 11) is 0. The minimum absolute atomic E-state index is 0.445. The van der Waals surface area contributed by atoms with Gasteiger partial charge in [0.05, 0.1) is 5.60 Å². The zero-order chi connectivity index (χ0) is 9.73. The second-order valence-electron chi connectivity index (χ2n) is 4.31. The number of aliphatic hydroxyl groups is 1. The van der Waals surface area contributed by atoms with Crippen LogP contribution in [-0.2, 0) is 0 Å². The largest absolute Gasteiger partial charge is 0.389 e. The summed E-state index contributed by atoms with van der Waals surface area (Å²) in [6.07, 6.45) is 4.48. The summed E-state index contributed by atoms with van der Waals surface area (Å²) in [6.45, 7) is 5.07. The molecular formula is C10H21NOS. The van der Waals surface area contributed by atoms with Crippen LogP contribution in [0.4, 0.5) is 0 Å². The summed E-state index contributed by atoms with van der Waals surface area (Å²) < 4.78 is 0. The van der Waals surface area contributed by atoms with Gasteiger partial charge in [-0.1, -0.05) is 0 Å². The summed E-state index contributed by atoms with van der Waals surface area (Å²) in [5.74, 6) is 0.976. The highest BCUT2D eigenvalue weighted by Gasteiger charge is 2.27. The SMILES string of the molecule is CC1(O)CCCN(CCCCS)C1. The van der Waals surface area contributed by atoms with Gasteiger partial charge in [-0.25, -0.2) is 0 Å². The lowest BCUT2D eigenvalue weighted by Crippen LogP contribution is -2.46. The smallest absolute Gasteiger partial charge is 0.0746 e. The lowest BCUT2D eigenvalue weighted by Gasteiger charge is -2.36. The molecule has 78 valence electrons. The predicted molar refractivity (Wildman–Crippen MR) is 59.4 cm³/mol. The Hall–Kier alpha value is 0.270. The Morgan fingerprint density at radius 1 is 1.46 bits per heavy atom. The molecule has 0 amide bonds. The van der Waals surface area contributed by atoms with Crippen molar-refractivity contribution in [3.8, 4) is 0 Å². The predicted octanol–water partition coefficient (Wildman–Crippen LogP) is 1.54. The monoisotopic (exact) mass is 203 g/mol. The fraction of sp³-hybridized carbons (Fsp3) is 1.00. The Morgan fingerprint density at radius 3 is 2.85 bits per heavy atom. The van der Waals surface area contributed by atoms with Gasteiger partial charge in [0.15, 0.2) is 0 Å². The Morgan fingerprint density at radius 2 is 2.23 bits per heavy atom. The number of piperidine rings is 1. The van der Waals surface area contributed by atoms with Gasteiger partial charge in [0.1, 0.15) is 0 Å². The molecule has 1 atom stereocenters. The Bertz CT molecular complexity index is 150. The van der Waals surface area contributed by atoms with Crippen LogP contribution in [0.2, 0.25) is 0 Å². The fourth-order valence-corrected chi connectivity index (χ4v) is 2.19. The number of nitrogens with zero attached hydrogens (tertiary/aromatic N) is 1. The molecule has 0 aromatic carbocycles. The number of likely N-dealkylation sites (tertiary alicyclic amines) is 1. The highest BCUT2D eigenvalue weighted by Crippen LogP contribution is 2.20. The van der Waals surface area contributed by atoms with Crippen LogP contribution in [-0.4, -0.2) is 41.0 Å². The molecule has 1 rings (SSSR count). The summed E-state index contributed by atoms with van der Waals surface area (Å²) in [4.78, 5) is 2.37. The van der Waals surface area contributed by atoms with Crippen LogP contribution in [0.15, 0.2) is 0 Å². The van der Waals surface area contributed by atoms with Gasteiger partial charge in [0.2, 0.25) is 0 Å². The van der Waals surface area contributed by atoms with Crippen LogP contribution < -0.4 is 0 Å². The molecule has 0 aromatic rings. The molecule has 1 saturated heterocycles. The van der Waals surface area contributed by atoms with Gasteiger partial charge in [-0.05, 0) is 51.4 Å². The average Bonchev–Trinajstić information content (AvgIpc) is 2.03. The van der Waals surface area contributed by atoms with Crippen LogP contribution in [0.5, 0.6) is 0 Å². The molecular weight excluding hydrogens is 182 g/mol. The maximum Gasteiger partial charge on any atom is 0.0746 e. The first-order valence-electron chi connectivity index (χ1n) is 5.20. The highest BCUT2D eigenvalue weighted by atomic mass is 32.1. The summed E-state index contributed by atoms with van der Waals surface area (Å²) in [5, 5.41) is 9.84. The number of β-amino-alcohol motifs (C(OH)–C–C–N with tert-alkyl or cyclic N) is 1. The molecule has 1 heterocycles. The van der Waals surface area contributed by atoms with E-state index in [0.717, 1.165) is 38.2 Å². The van der Waals surface area contributed by atoms with Gasteiger partial charge in [-0.15, -0.1) is 0 Å². The van der Waals surface area contributed by atoms with Crippen molar-refractivity contribution in [2.45, 2.75) is 38.2 Å². The normalized spacial score (nSPS) is 30.7. The standard InChI is InChI=1S/C10H21NOS/c1-10(12)5-4-7-11(9-10)6-2-3-8-13/h12-13H,2-9H2,1H3. The van der Waals surface area contributed by atoms with Gasteiger partial charge < -0.3 is 10.0 Å². The second-order valence-corrected chi connectivity index (χ2v) is 4.75. The van der Waals surface area contributed by atoms with E-state index in [2.05, 4.69) is 17.5 Å². The fourth-order valence-electron chi connectivity index (χ4n) is 1.96. The molecule has 13 heavy (non-hydrogen) atoms. The first-order chi connectivity index (χ1) is 6.14. The average molecular weight is 203 g/mol. The van der Waals surface area contributed by atoms with Crippen LogP contribution in [0.3, 0.4) is 0 Å². The first-order valence-corrected chi connectivity index (χ1v) is 5.83. The van der Waals surface area contributed by atoms with E-state index >= 15 is 0 Å². The number of hydrogen-bond donors (Lipinski definition) is 2. The zero-order valence-electron chi connectivity index (χ0n) is 8.50. The van der Waals surface area contributed by atoms with Gasteiger partial charge >= 0.3 is 0 Å². The van der Waals surface area contributed by atoms with Crippen LogP contribution in [0.25, 0.3) is 0 Å². The van der Waals surface area contributed by atoms with Crippen molar-refractivity contribution in [3.05, 3.63) is 0 Å². The van der Waals surface area contributed by atoms with Gasteiger partial charge in [0.25, 0.3) is 0 Å². The topological polar surface area (TPSA) is 23.5 Å². The third kappa shape index (κ3) is 4.34. The molecule has 0 aromatic heterocycles. The summed E-state index contributed by atoms with van der Waals surface area (Å²) in [5.41, 5.74) is -0.445. The van der Waals surface area contributed by atoms with Crippen molar-refractivity contribution in [1.29, 1.82) is 0 Å². The van der Waals surface area contributed by atoms with E-state index in [1.807, 2.05) is 6.92 Å². The molecule has 1 unspecified atom stereocenters. The van der Waals surface area contributed by atoms with E-state index in [4.69, 9.17) is 0 Å². The number of thiol groups is 1. The molecule has 0 saturated carbocycles. The third-order valence-corrected chi connectivity index (χ3v) is 2.95. The van der Waals surface area contributed by atoms with Gasteiger partial charge in [-0.2, -0.15) is 12.6 Å². The molecule has 1 aliphatic heterocycles. The molecule has 0 bridgehead atoms. The molecule has 0 spiro atoms. The van der Waals surface area contributed by atoms with Crippen molar-refractivity contribution in [2.24, 2.45) is 0 Å².